The van der Waals surface area contributed by atoms with E-state index in [0.29, 0.717) is 5.92 Å². The minimum absolute atomic E-state index is 0.120. The maximum Gasteiger partial charge on any atom is 0.129 e. The van der Waals surface area contributed by atoms with Crippen LogP contribution in [0.2, 0.25) is 0 Å². The number of aliphatic hydroxyl groups is 1. The van der Waals surface area contributed by atoms with Gasteiger partial charge < -0.3 is 9.84 Å². The molecule has 3 atom stereocenters. The van der Waals surface area contributed by atoms with E-state index in [0.717, 1.165) is 17.7 Å². The van der Waals surface area contributed by atoms with Gasteiger partial charge in [0.1, 0.15) is 18.0 Å². The van der Waals surface area contributed by atoms with Gasteiger partial charge in [-0.05, 0) is 24.8 Å². The van der Waals surface area contributed by atoms with Crippen LogP contribution in [0.1, 0.15) is 50.3 Å². The van der Waals surface area contributed by atoms with E-state index in [4.69, 9.17) is 4.74 Å². The molecule has 1 aliphatic rings. The number of hydrogen-bond donors (Lipinski definition) is 1. The third kappa shape index (κ3) is 1.63. The van der Waals surface area contributed by atoms with Crippen molar-refractivity contribution in [2.75, 3.05) is 0 Å². The third-order valence-corrected chi connectivity index (χ3v) is 3.29. The van der Waals surface area contributed by atoms with Crippen LogP contribution in [0, 0.1) is 0 Å². The Morgan fingerprint density at radius 1 is 1.47 bits per heavy atom. The van der Waals surface area contributed by atoms with Crippen molar-refractivity contribution in [2.45, 2.75) is 45.3 Å². The van der Waals surface area contributed by atoms with Crippen molar-refractivity contribution in [1.29, 1.82) is 0 Å². The molecule has 0 aromatic heterocycles. The van der Waals surface area contributed by atoms with Gasteiger partial charge in [-0.2, -0.15) is 0 Å². The lowest BCUT2D eigenvalue weighted by atomic mass is 9.94. The van der Waals surface area contributed by atoms with E-state index in [2.05, 4.69) is 19.9 Å². The molecule has 0 amide bonds. The molecule has 0 aliphatic carbocycles. The quantitative estimate of drug-likeness (QED) is 0.806. The second-order valence-electron chi connectivity index (χ2n) is 4.34. The lowest BCUT2D eigenvalue weighted by molar-refractivity contribution is 0.0791. The van der Waals surface area contributed by atoms with Crippen LogP contribution in [0.4, 0.5) is 0 Å². The van der Waals surface area contributed by atoms with Gasteiger partial charge in [-0.1, -0.05) is 32.0 Å². The minimum atomic E-state index is -0.469. The predicted octanol–water partition coefficient (Wildman–Crippen LogP) is 3.01. The molecular formula is C13H18O2. The average Bonchev–Trinajstić information content (AvgIpc) is 2.54. The number of ether oxygens (including phenoxy) is 1. The predicted molar refractivity (Wildman–Crippen MR) is 60.2 cm³/mol. The number of para-hydroxylation sites is 1. The number of benzene rings is 1. The van der Waals surface area contributed by atoms with E-state index < -0.39 is 6.10 Å². The Balaban J connectivity index is 2.45. The smallest absolute Gasteiger partial charge is 0.129 e. The Bertz CT molecular complexity index is 360. The van der Waals surface area contributed by atoms with Crippen molar-refractivity contribution in [3.63, 3.8) is 0 Å². The highest BCUT2D eigenvalue weighted by molar-refractivity contribution is 5.47. The van der Waals surface area contributed by atoms with E-state index in [-0.39, 0.29) is 6.10 Å². The van der Waals surface area contributed by atoms with E-state index >= 15 is 0 Å². The SMILES string of the molecule is CCC(C)c1cccc2c1OC(C)C2O. The van der Waals surface area contributed by atoms with Crippen molar-refractivity contribution >= 4 is 0 Å². The van der Waals surface area contributed by atoms with Gasteiger partial charge in [0.2, 0.25) is 0 Å². The molecule has 1 aromatic carbocycles. The molecule has 0 saturated heterocycles. The van der Waals surface area contributed by atoms with Gasteiger partial charge in [0.05, 0.1) is 0 Å². The fourth-order valence-corrected chi connectivity index (χ4v) is 2.05. The van der Waals surface area contributed by atoms with Crippen molar-refractivity contribution in [3.05, 3.63) is 29.3 Å². The second-order valence-corrected chi connectivity index (χ2v) is 4.34. The molecule has 2 rings (SSSR count). The molecule has 1 aliphatic heterocycles. The molecule has 2 heteroatoms. The summed E-state index contributed by atoms with van der Waals surface area (Å²) in [6.07, 6.45) is 0.499. The summed E-state index contributed by atoms with van der Waals surface area (Å²) in [5, 5.41) is 9.90. The monoisotopic (exact) mass is 206 g/mol. The molecule has 0 saturated carbocycles. The zero-order valence-corrected chi connectivity index (χ0v) is 9.53. The normalized spacial score (nSPS) is 25.9. The average molecular weight is 206 g/mol. The summed E-state index contributed by atoms with van der Waals surface area (Å²) in [6, 6.07) is 6.05. The van der Waals surface area contributed by atoms with Crippen LogP contribution in [0.3, 0.4) is 0 Å². The molecule has 15 heavy (non-hydrogen) atoms. The summed E-state index contributed by atoms with van der Waals surface area (Å²) in [7, 11) is 0. The summed E-state index contributed by atoms with van der Waals surface area (Å²) in [5.41, 5.74) is 2.17. The summed E-state index contributed by atoms with van der Waals surface area (Å²) < 4.78 is 5.72. The number of fused-ring (bicyclic) bond motifs is 1. The van der Waals surface area contributed by atoms with Gasteiger partial charge >= 0.3 is 0 Å². The molecule has 1 aromatic rings. The molecule has 1 N–H and O–H groups in total. The van der Waals surface area contributed by atoms with Crippen LogP contribution in [-0.4, -0.2) is 11.2 Å². The van der Waals surface area contributed by atoms with Crippen LogP contribution in [0.5, 0.6) is 5.75 Å². The van der Waals surface area contributed by atoms with Crippen molar-refractivity contribution in [1.82, 2.24) is 0 Å². The highest BCUT2D eigenvalue weighted by Crippen LogP contribution is 2.42. The first-order valence-electron chi connectivity index (χ1n) is 5.62. The lowest BCUT2D eigenvalue weighted by Crippen LogP contribution is -2.12. The van der Waals surface area contributed by atoms with Crippen molar-refractivity contribution in [2.24, 2.45) is 0 Å². The van der Waals surface area contributed by atoms with Crippen molar-refractivity contribution < 1.29 is 9.84 Å². The molecule has 0 spiro atoms. The Morgan fingerprint density at radius 2 is 2.20 bits per heavy atom. The zero-order valence-electron chi connectivity index (χ0n) is 9.53. The first-order chi connectivity index (χ1) is 7.15. The fraction of sp³-hybridized carbons (Fsp3) is 0.538. The van der Waals surface area contributed by atoms with E-state index in [1.54, 1.807) is 0 Å². The van der Waals surface area contributed by atoms with Crippen LogP contribution in [-0.2, 0) is 0 Å². The van der Waals surface area contributed by atoms with Gasteiger partial charge in [0, 0.05) is 5.56 Å². The third-order valence-electron chi connectivity index (χ3n) is 3.29. The molecule has 0 fully saturated rings. The molecular weight excluding hydrogens is 188 g/mol. The van der Waals surface area contributed by atoms with E-state index in [9.17, 15) is 5.11 Å². The largest absolute Gasteiger partial charge is 0.487 e. The van der Waals surface area contributed by atoms with Gasteiger partial charge in [-0.3, -0.25) is 0 Å². The van der Waals surface area contributed by atoms with Gasteiger partial charge in [-0.25, -0.2) is 0 Å². The van der Waals surface area contributed by atoms with Crippen molar-refractivity contribution in [3.8, 4) is 5.75 Å². The molecule has 0 radical (unpaired) electrons. The van der Waals surface area contributed by atoms with Gasteiger partial charge in [0.15, 0.2) is 0 Å². The summed E-state index contributed by atoms with van der Waals surface area (Å²) in [6.45, 7) is 6.26. The van der Waals surface area contributed by atoms with Crippen LogP contribution >= 0.6 is 0 Å². The topological polar surface area (TPSA) is 29.5 Å². The fourth-order valence-electron chi connectivity index (χ4n) is 2.05. The lowest BCUT2D eigenvalue weighted by Gasteiger charge is -2.13. The maximum atomic E-state index is 9.90. The highest BCUT2D eigenvalue weighted by Gasteiger charge is 2.31. The summed E-state index contributed by atoms with van der Waals surface area (Å²) >= 11 is 0. The summed E-state index contributed by atoms with van der Waals surface area (Å²) in [5.74, 6) is 1.39. The maximum absolute atomic E-state index is 9.90. The second kappa shape index (κ2) is 3.86. The van der Waals surface area contributed by atoms with Crippen LogP contribution < -0.4 is 4.74 Å². The van der Waals surface area contributed by atoms with Crippen LogP contribution in [0.15, 0.2) is 18.2 Å². The number of rotatable bonds is 2. The van der Waals surface area contributed by atoms with Gasteiger partial charge in [0.25, 0.3) is 0 Å². The zero-order chi connectivity index (χ0) is 11.0. The summed E-state index contributed by atoms with van der Waals surface area (Å²) in [4.78, 5) is 0. The number of aliphatic hydroxyl groups excluding tert-OH is 1. The Morgan fingerprint density at radius 3 is 2.87 bits per heavy atom. The van der Waals surface area contributed by atoms with Gasteiger partial charge in [-0.15, -0.1) is 0 Å². The Hall–Kier alpha value is -1.02. The molecule has 82 valence electrons. The minimum Gasteiger partial charge on any atom is -0.487 e. The Labute approximate surface area is 90.9 Å². The number of hydrogen-bond acceptors (Lipinski definition) is 2. The highest BCUT2D eigenvalue weighted by atomic mass is 16.5. The molecule has 3 unspecified atom stereocenters. The first kappa shape index (κ1) is 10.5. The Kier molecular flexibility index (Phi) is 2.70. The standard InChI is InChI=1S/C13H18O2/c1-4-8(2)10-6-5-7-11-12(14)9(3)15-13(10)11/h5-9,12,14H,4H2,1-3H3. The van der Waals surface area contributed by atoms with Crippen LogP contribution in [0.25, 0.3) is 0 Å². The van der Waals surface area contributed by atoms with E-state index in [1.807, 2.05) is 19.1 Å². The molecule has 0 bridgehead atoms. The molecule has 2 nitrogen and oxygen atoms in total. The first-order valence-corrected chi connectivity index (χ1v) is 5.62. The molecule has 1 heterocycles. The van der Waals surface area contributed by atoms with E-state index in [1.165, 1.54) is 5.56 Å².